The second-order valence-electron chi connectivity index (χ2n) is 4.76. The lowest BCUT2D eigenvalue weighted by Crippen LogP contribution is -2.13. The monoisotopic (exact) mass is 306 g/mol. The molecule has 5 nitrogen and oxygen atoms in total. The van der Waals surface area contributed by atoms with Crippen LogP contribution in [0, 0.1) is 6.92 Å². The topological polar surface area (TPSA) is 81.4 Å². The van der Waals surface area contributed by atoms with Crippen LogP contribution >= 0.6 is 0 Å². The van der Waals surface area contributed by atoms with Gasteiger partial charge >= 0.3 is 0 Å². The van der Waals surface area contributed by atoms with E-state index in [1.54, 1.807) is 44.4 Å². The largest absolute Gasteiger partial charge is 0.399 e. The molecule has 21 heavy (non-hydrogen) atoms. The highest BCUT2D eigenvalue weighted by Gasteiger charge is 2.15. The van der Waals surface area contributed by atoms with Crippen molar-refractivity contribution < 1.29 is 13.2 Å². The molecule has 0 atom stereocenters. The summed E-state index contributed by atoms with van der Waals surface area (Å²) in [5.74, 6) is 0. The van der Waals surface area contributed by atoms with Gasteiger partial charge in [0.15, 0.2) is 0 Å². The van der Waals surface area contributed by atoms with Crippen molar-refractivity contribution in [1.82, 2.24) is 0 Å². The Bertz CT molecular complexity index is 742. The second-order valence-corrected chi connectivity index (χ2v) is 6.44. The summed E-state index contributed by atoms with van der Waals surface area (Å²) >= 11 is 0. The van der Waals surface area contributed by atoms with Gasteiger partial charge in [0, 0.05) is 18.5 Å². The summed E-state index contributed by atoms with van der Waals surface area (Å²) in [6.45, 7) is 2.20. The van der Waals surface area contributed by atoms with Crippen LogP contribution in [0.25, 0.3) is 0 Å². The number of methoxy groups -OCH3 is 1. The Morgan fingerprint density at radius 1 is 1.19 bits per heavy atom. The van der Waals surface area contributed by atoms with Gasteiger partial charge in [0.25, 0.3) is 10.0 Å². The Balaban J connectivity index is 2.28. The molecule has 0 aliphatic heterocycles. The smallest absolute Gasteiger partial charge is 0.261 e. The van der Waals surface area contributed by atoms with E-state index in [9.17, 15) is 8.42 Å². The first kappa shape index (κ1) is 15.3. The Kier molecular flexibility index (Phi) is 4.50. The van der Waals surface area contributed by atoms with Crippen LogP contribution in [0.15, 0.2) is 47.4 Å². The number of benzene rings is 2. The van der Waals surface area contributed by atoms with Crippen LogP contribution in [0.4, 0.5) is 11.4 Å². The Hall–Kier alpha value is -2.05. The highest BCUT2D eigenvalue weighted by Crippen LogP contribution is 2.20. The van der Waals surface area contributed by atoms with Crippen LogP contribution in [0.1, 0.15) is 11.1 Å². The number of nitrogen functional groups attached to an aromatic ring is 1. The first-order valence-corrected chi connectivity index (χ1v) is 7.87. The van der Waals surface area contributed by atoms with Crippen LogP contribution in [0.5, 0.6) is 0 Å². The van der Waals surface area contributed by atoms with Gasteiger partial charge in [-0.3, -0.25) is 4.72 Å². The number of anilines is 2. The summed E-state index contributed by atoms with van der Waals surface area (Å²) in [5, 5.41) is 0. The molecule has 0 radical (unpaired) electrons. The van der Waals surface area contributed by atoms with Crippen molar-refractivity contribution >= 4 is 21.4 Å². The van der Waals surface area contributed by atoms with Gasteiger partial charge < -0.3 is 10.5 Å². The van der Waals surface area contributed by atoms with Gasteiger partial charge in [-0.1, -0.05) is 12.1 Å². The Morgan fingerprint density at radius 3 is 2.62 bits per heavy atom. The SMILES string of the molecule is COCc1cccc(NS(=O)(=O)c2ccc(N)c(C)c2)c1. The fraction of sp³-hybridized carbons (Fsp3) is 0.200. The molecule has 0 spiro atoms. The predicted molar refractivity (Wildman–Crippen MR) is 83.6 cm³/mol. The summed E-state index contributed by atoms with van der Waals surface area (Å²) in [6, 6.07) is 11.7. The maximum atomic E-state index is 12.4. The Labute approximate surface area is 124 Å². The molecule has 0 saturated heterocycles. The number of aryl methyl sites for hydroxylation is 1. The van der Waals surface area contributed by atoms with Crippen molar-refractivity contribution in [1.29, 1.82) is 0 Å². The molecule has 0 unspecified atom stereocenters. The molecule has 0 aromatic heterocycles. The number of nitrogens with one attached hydrogen (secondary N) is 1. The van der Waals surface area contributed by atoms with Gasteiger partial charge in [-0.15, -0.1) is 0 Å². The molecule has 2 rings (SSSR count). The van der Waals surface area contributed by atoms with Crippen LogP contribution in [-0.2, 0) is 21.4 Å². The zero-order valence-electron chi connectivity index (χ0n) is 12.0. The maximum Gasteiger partial charge on any atom is 0.261 e. The lowest BCUT2D eigenvalue weighted by Gasteiger charge is -2.10. The summed E-state index contributed by atoms with van der Waals surface area (Å²) in [4.78, 5) is 0.186. The molecule has 0 saturated carbocycles. The van der Waals surface area contributed by atoms with Gasteiger partial charge in [-0.05, 0) is 48.4 Å². The standard InChI is InChI=1S/C15H18N2O3S/c1-11-8-14(6-7-15(11)16)21(18,19)17-13-5-3-4-12(9-13)10-20-2/h3-9,17H,10,16H2,1-2H3. The third-order valence-electron chi connectivity index (χ3n) is 3.04. The quantitative estimate of drug-likeness (QED) is 0.832. The average molecular weight is 306 g/mol. The van der Waals surface area contributed by atoms with Gasteiger partial charge in [-0.2, -0.15) is 0 Å². The number of nitrogens with two attached hydrogens (primary N) is 1. The molecule has 0 heterocycles. The molecule has 112 valence electrons. The van der Waals surface area contributed by atoms with Crippen molar-refractivity contribution in [2.45, 2.75) is 18.4 Å². The number of hydrogen-bond donors (Lipinski definition) is 2. The van der Waals surface area contributed by atoms with E-state index in [-0.39, 0.29) is 4.90 Å². The van der Waals surface area contributed by atoms with E-state index >= 15 is 0 Å². The average Bonchev–Trinajstić information content (AvgIpc) is 2.42. The highest BCUT2D eigenvalue weighted by atomic mass is 32.2. The number of hydrogen-bond acceptors (Lipinski definition) is 4. The molecule has 2 aromatic carbocycles. The summed E-state index contributed by atoms with van der Waals surface area (Å²) in [6.07, 6.45) is 0. The maximum absolute atomic E-state index is 12.4. The summed E-state index contributed by atoms with van der Waals surface area (Å²) < 4.78 is 32.3. The van der Waals surface area contributed by atoms with Gasteiger partial charge in [0.2, 0.25) is 0 Å². The van der Waals surface area contributed by atoms with E-state index < -0.39 is 10.0 Å². The minimum Gasteiger partial charge on any atom is -0.399 e. The molecular weight excluding hydrogens is 288 g/mol. The zero-order valence-corrected chi connectivity index (χ0v) is 12.8. The van der Waals surface area contributed by atoms with Crippen molar-refractivity contribution in [2.75, 3.05) is 17.6 Å². The normalized spacial score (nSPS) is 11.3. The number of sulfonamides is 1. The van der Waals surface area contributed by atoms with E-state index in [0.29, 0.717) is 18.0 Å². The molecule has 3 N–H and O–H groups in total. The lowest BCUT2D eigenvalue weighted by atomic mass is 10.2. The third kappa shape index (κ3) is 3.74. The first-order valence-electron chi connectivity index (χ1n) is 6.39. The van der Waals surface area contributed by atoms with Crippen LogP contribution < -0.4 is 10.5 Å². The van der Waals surface area contributed by atoms with E-state index in [1.165, 1.54) is 6.07 Å². The first-order chi connectivity index (χ1) is 9.92. The molecule has 0 aliphatic rings. The molecular formula is C15H18N2O3S. The minimum absolute atomic E-state index is 0.186. The van der Waals surface area contributed by atoms with Crippen LogP contribution in [0.2, 0.25) is 0 Å². The molecule has 2 aromatic rings. The molecule has 0 aliphatic carbocycles. The molecule has 0 fully saturated rings. The third-order valence-corrected chi connectivity index (χ3v) is 4.42. The highest BCUT2D eigenvalue weighted by molar-refractivity contribution is 7.92. The van der Waals surface area contributed by atoms with Crippen LogP contribution in [-0.4, -0.2) is 15.5 Å². The minimum atomic E-state index is -3.63. The zero-order chi connectivity index (χ0) is 15.5. The second kappa shape index (κ2) is 6.15. The molecule has 6 heteroatoms. The molecule has 0 amide bonds. The van der Waals surface area contributed by atoms with Gasteiger partial charge in [-0.25, -0.2) is 8.42 Å². The van der Waals surface area contributed by atoms with Gasteiger partial charge in [0.05, 0.1) is 11.5 Å². The lowest BCUT2D eigenvalue weighted by molar-refractivity contribution is 0.185. The predicted octanol–water partition coefficient (Wildman–Crippen LogP) is 2.52. The van der Waals surface area contributed by atoms with E-state index in [2.05, 4.69) is 4.72 Å². The van der Waals surface area contributed by atoms with Crippen LogP contribution in [0.3, 0.4) is 0 Å². The summed E-state index contributed by atoms with van der Waals surface area (Å²) in [7, 11) is -2.04. The molecule has 0 bridgehead atoms. The van der Waals surface area contributed by atoms with Crippen molar-refractivity contribution in [3.05, 3.63) is 53.6 Å². The number of rotatable bonds is 5. The van der Waals surface area contributed by atoms with Crippen molar-refractivity contribution in [3.8, 4) is 0 Å². The Morgan fingerprint density at radius 2 is 1.95 bits per heavy atom. The van der Waals surface area contributed by atoms with Gasteiger partial charge in [0.1, 0.15) is 0 Å². The summed E-state index contributed by atoms with van der Waals surface area (Å²) in [5.41, 5.74) is 8.40. The van der Waals surface area contributed by atoms with Crippen molar-refractivity contribution in [2.24, 2.45) is 0 Å². The van der Waals surface area contributed by atoms with E-state index in [0.717, 1.165) is 11.1 Å². The fourth-order valence-electron chi connectivity index (χ4n) is 1.92. The number of ether oxygens (including phenoxy) is 1. The fourth-order valence-corrected chi connectivity index (χ4v) is 3.05. The van der Waals surface area contributed by atoms with E-state index in [1.807, 2.05) is 6.07 Å². The van der Waals surface area contributed by atoms with E-state index in [4.69, 9.17) is 10.5 Å². The van der Waals surface area contributed by atoms with Crippen molar-refractivity contribution in [3.63, 3.8) is 0 Å².